The van der Waals surface area contributed by atoms with Crippen molar-refractivity contribution in [3.63, 3.8) is 0 Å². The van der Waals surface area contributed by atoms with Crippen LogP contribution in [0.1, 0.15) is 60.0 Å². The Balaban J connectivity index is 2.00. The first-order chi connectivity index (χ1) is 8.58. The van der Waals surface area contributed by atoms with Gasteiger partial charge < -0.3 is 0 Å². The van der Waals surface area contributed by atoms with E-state index in [2.05, 4.69) is 15.9 Å². The first-order valence-electron chi connectivity index (χ1n) is 6.88. The molecule has 0 heterocycles. The number of hydrogen-bond acceptors (Lipinski definition) is 1. The minimum Gasteiger partial charge on any atom is -0.294 e. The lowest BCUT2D eigenvalue weighted by Gasteiger charge is -2.10. The Morgan fingerprint density at radius 3 is 2.33 bits per heavy atom. The molecular weight excluding hydrogens is 288 g/mol. The second-order valence-corrected chi connectivity index (χ2v) is 6.33. The first kappa shape index (κ1) is 13.8. The zero-order chi connectivity index (χ0) is 13.1. The number of hydrogen-bond donors (Lipinski definition) is 0. The largest absolute Gasteiger partial charge is 0.294 e. The fourth-order valence-corrected chi connectivity index (χ4v) is 3.11. The van der Waals surface area contributed by atoms with Crippen LogP contribution in [0.25, 0.3) is 0 Å². The molecule has 1 nitrogen and oxygen atoms in total. The zero-order valence-electron chi connectivity index (χ0n) is 11.3. The van der Waals surface area contributed by atoms with Crippen molar-refractivity contribution in [1.29, 1.82) is 0 Å². The molecule has 0 aliphatic heterocycles. The summed E-state index contributed by atoms with van der Waals surface area (Å²) in [5.74, 6) is 1.10. The van der Waals surface area contributed by atoms with E-state index < -0.39 is 0 Å². The summed E-state index contributed by atoms with van der Waals surface area (Å²) in [6, 6.07) is 4.02. The summed E-state index contributed by atoms with van der Waals surface area (Å²) >= 11 is 3.54. The van der Waals surface area contributed by atoms with E-state index in [9.17, 15) is 4.79 Å². The maximum absolute atomic E-state index is 12.2. The van der Waals surface area contributed by atoms with Gasteiger partial charge >= 0.3 is 0 Å². The molecule has 0 radical (unpaired) electrons. The number of Topliss-reactive ketones (excluding diaryl/α,β-unsaturated/α-hetero) is 1. The fourth-order valence-electron chi connectivity index (χ4n) is 2.89. The van der Waals surface area contributed by atoms with E-state index >= 15 is 0 Å². The number of aryl methyl sites for hydroxylation is 2. The number of carbonyl (C=O) groups is 1. The van der Waals surface area contributed by atoms with E-state index in [1.165, 1.54) is 25.7 Å². The Morgan fingerprint density at radius 2 is 1.78 bits per heavy atom. The lowest BCUT2D eigenvalue weighted by molar-refractivity contribution is 0.0973. The number of halogens is 1. The predicted molar refractivity (Wildman–Crippen MR) is 79.1 cm³/mol. The minimum absolute atomic E-state index is 0.306. The number of rotatable bonds is 4. The van der Waals surface area contributed by atoms with Gasteiger partial charge in [-0.2, -0.15) is 0 Å². The Labute approximate surface area is 118 Å². The maximum Gasteiger partial charge on any atom is 0.162 e. The van der Waals surface area contributed by atoms with Gasteiger partial charge in [0.2, 0.25) is 0 Å². The molecule has 0 saturated heterocycles. The molecule has 1 aliphatic carbocycles. The topological polar surface area (TPSA) is 17.1 Å². The second-order valence-electron chi connectivity index (χ2n) is 5.54. The van der Waals surface area contributed by atoms with Gasteiger partial charge in [0.1, 0.15) is 0 Å². The minimum atomic E-state index is 0.306. The Morgan fingerprint density at radius 1 is 1.22 bits per heavy atom. The van der Waals surface area contributed by atoms with Gasteiger partial charge in [-0.15, -0.1) is 0 Å². The van der Waals surface area contributed by atoms with Crippen LogP contribution in [0.15, 0.2) is 16.6 Å². The third-order valence-corrected chi connectivity index (χ3v) is 5.26. The molecule has 98 valence electrons. The highest BCUT2D eigenvalue weighted by molar-refractivity contribution is 9.10. The summed E-state index contributed by atoms with van der Waals surface area (Å²) in [6.07, 6.45) is 7.15. The molecule has 0 unspecified atom stereocenters. The predicted octanol–water partition coefficient (Wildman–Crippen LogP) is 5.22. The highest BCUT2D eigenvalue weighted by Crippen LogP contribution is 2.29. The van der Waals surface area contributed by atoms with E-state index in [1.54, 1.807) is 0 Å². The summed E-state index contributed by atoms with van der Waals surface area (Å²) < 4.78 is 1.12. The van der Waals surface area contributed by atoms with Gasteiger partial charge in [-0.1, -0.05) is 41.6 Å². The molecule has 1 aromatic carbocycles. The fraction of sp³-hybridized carbons (Fsp3) is 0.562. The molecule has 2 rings (SSSR count). The molecule has 0 aromatic heterocycles. The van der Waals surface area contributed by atoms with Crippen molar-refractivity contribution in [2.24, 2.45) is 5.92 Å². The Kier molecular flexibility index (Phi) is 4.60. The van der Waals surface area contributed by atoms with Crippen LogP contribution >= 0.6 is 15.9 Å². The van der Waals surface area contributed by atoms with Crippen molar-refractivity contribution < 1.29 is 4.79 Å². The second kappa shape index (κ2) is 6.01. The van der Waals surface area contributed by atoms with Crippen LogP contribution in [0.5, 0.6) is 0 Å². The van der Waals surface area contributed by atoms with Gasteiger partial charge in [0.15, 0.2) is 5.78 Å². The van der Waals surface area contributed by atoms with Gasteiger partial charge in [0.05, 0.1) is 0 Å². The molecule has 1 aromatic rings. The molecule has 1 saturated carbocycles. The van der Waals surface area contributed by atoms with E-state index in [4.69, 9.17) is 0 Å². The third kappa shape index (κ3) is 3.23. The van der Waals surface area contributed by atoms with Gasteiger partial charge in [0, 0.05) is 16.5 Å². The third-order valence-electron chi connectivity index (χ3n) is 4.01. The average molecular weight is 309 g/mol. The van der Waals surface area contributed by atoms with Crippen molar-refractivity contribution >= 4 is 21.7 Å². The standard InChI is InChI=1S/C16H21BrO/c1-11-9-14(10-12(2)16(11)17)15(18)8-7-13-5-3-4-6-13/h9-10,13H,3-8H2,1-2H3. The van der Waals surface area contributed by atoms with Crippen LogP contribution in [0, 0.1) is 19.8 Å². The van der Waals surface area contributed by atoms with Crippen molar-refractivity contribution in [2.75, 3.05) is 0 Å². The van der Waals surface area contributed by atoms with E-state index in [0.717, 1.165) is 33.5 Å². The maximum atomic E-state index is 12.2. The lowest BCUT2D eigenvalue weighted by atomic mass is 9.96. The van der Waals surface area contributed by atoms with Crippen LogP contribution in [0.2, 0.25) is 0 Å². The van der Waals surface area contributed by atoms with Crippen LogP contribution < -0.4 is 0 Å². The molecule has 0 bridgehead atoms. The van der Waals surface area contributed by atoms with E-state index in [1.807, 2.05) is 26.0 Å². The molecule has 0 amide bonds. The van der Waals surface area contributed by atoms with Gasteiger partial charge in [0.25, 0.3) is 0 Å². The highest BCUT2D eigenvalue weighted by Gasteiger charge is 2.17. The first-order valence-corrected chi connectivity index (χ1v) is 7.67. The SMILES string of the molecule is Cc1cc(C(=O)CCC2CCCC2)cc(C)c1Br. The van der Waals surface area contributed by atoms with Gasteiger partial charge in [-0.25, -0.2) is 0 Å². The molecule has 1 fully saturated rings. The van der Waals surface area contributed by atoms with Gasteiger partial charge in [-0.3, -0.25) is 4.79 Å². The quantitative estimate of drug-likeness (QED) is 0.697. The molecular formula is C16H21BrO. The normalized spacial score (nSPS) is 16.2. The summed E-state index contributed by atoms with van der Waals surface area (Å²) in [7, 11) is 0. The summed E-state index contributed by atoms with van der Waals surface area (Å²) in [5, 5.41) is 0. The molecule has 0 atom stereocenters. The van der Waals surface area contributed by atoms with Crippen molar-refractivity contribution in [3.05, 3.63) is 33.3 Å². The van der Waals surface area contributed by atoms with Crippen molar-refractivity contribution in [1.82, 2.24) is 0 Å². The molecule has 1 aliphatic rings. The molecule has 0 spiro atoms. The number of carbonyl (C=O) groups excluding carboxylic acids is 1. The Hall–Kier alpha value is -0.630. The van der Waals surface area contributed by atoms with E-state index in [0.29, 0.717) is 12.2 Å². The average Bonchev–Trinajstić information content (AvgIpc) is 2.85. The molecule has 2 heteroatoms. The Bertz CT molecular complexity index is 421. The van der Waals surface area contributed by atoms with Crippen LogP contribution in [0.3, 0.4) is 0 Å². The van der Waals surface area contributed by atoms with Crippen LogP contribution in [-0.2, 0) is 0 Å². The van der Waals surface area contributed by atoms with Crippen molar-refractivity contribution in [3.8, 4) is 0 Å². The smallest absolute Gasteiger partial charge is 0.162 e. The monoisotopic (exact) mass is 308 g/mol. The van der Waals surface area contributed by atoms with Crippen molar-refractivity contribution in [2.45, 2.75) is 52.4 Å². The lowest BCUT2D eigenvalue weighted by Crippen LogP contribution is -2.04. The molecule has 0 N–H and O–H groups in total. The van der Waals surface area contributed by atoms with Crippen LogP contribution in [0.4, 0.5) is 0 Å². The number of ketones is 1. The summed E-state index contributed by atoms with van der Waals surface area (Å²) in [4.78, 5) is 12.2. The summed E-state index contributed by atoms with van der Waals surface area (Å²) in [6.45, 7) is 4.09. The van der Waals surface area contributed by atoms with E-state index in [-0.39, 0.29) is 0 Å². The zero-order valence-corrected chi connectivity index (χ0v) is 12.8. The number of benzene rings is 1. The highest BCUT2D eigenvalue weighted by atomic mass is 79.9. The van der Waals surface area contributed by atoms with Gasteiger partial charge in [-0.05, 0) is 49.4 Å². The van der Waals surface area contributed by atoms with Crippen LogP contribution in [-0.4, -0.2) is 5.78 Å². The molecule has 18 heavy (non-hydrogen) atoms. The summed E-state index contributed by atoms with van der Waals surface area (Å²) in [5.41, 5.74) is 3.18.